The summed E-state index contributed by atoms with van der Waals surface area (Å²) in [5, 5.41) is 9.14. The van der Waals surface area contributed by atoms with Gasteiger partial charge in [0.1, 0.15) is 6.61 Å². The molecule has 4 heteroatoms. The number of methoxy groups -OCH3 is 1. The number of aryl methyl sites for hydroxylation is 1. The second kappa shape index (κ2) is 6.10. The summed E-state index contributed by atoms with van der Waals surface area (Å²) in [6.07, 6.45) is 0. The molecule has 0 aliphatic rings. The van der Waals surface area contributed by atoms with Crippen LogP contribution in [-0.4, -0.2) is 18.2 Å². The summed E-state index contributed by atoms with van der Waals surface area (Å²) in [7, 11) is 1.53. The van der Waals surface area contributed by atoms with Crippen LogP contribution < -0.4 is 9.47 Å². The first-order valence-corrected chi connectivity index (χ1v) is 6.20. The van der Waals surface area contributed by atoms with Gasteiger partial charge in [0.2, 0.25) is 0 Å². The van der Waals surface area contributed by atoms with Gasteiger partial charge < -0.3 is 14.6 Å². The molecule has 0 spiro atoms. The van der Waals surface area contributed by atoms with E-state index in [1.165, 1.54) is 13.2 Å². The highest BCUT2D eigenvalue weighted by Crippen LogP contribution is 2.31. The van der Waals surface area contributed by atoms with Crippen molar-refractivity contribution in [1.82, 2.24) is 0 Å². The molecule has 1 N–H and O–H groups in total. The number of carboxylic acid groups (broad SMARTS) is 1. The first-order chi connectivity index (χ1) is 9.61. The number of rotatable bonds is 5. The second-order valence-corrected chi connectivity index (χ2v) is 4.40. The van der Waals surface area contributed by atoms with E-state index in [1.807, 2.05) is 30.3 Å². The van der Waals surface area contributed by atoms with E-state index in [1.54, 1.807) is 13.0 Å². The van der Waals surface area contributed by atoms with Gasteiger partial charge in [0.25, 0.3) is 0 Å². The maximum atomic E-state index is 11.2. The molecule has 0 fully saturated rings. The lowest BCUT2D eigenvalue weighted by atomic mass is 10.1. The summed E-state index contributed by atoms with van der Waals surface area (Å²) in [6, 6.07) is 12.8. The van der Waals surface area contributed by atoms with Gasteiger partial charge in [-0.25, -0.2) is 4.79 Å². The van der Waals surface area contributed by atoms with Crippen LogP contribution in [0.3, 0.4) is 0 Å². The Morgan fingerprint density at radius 1 is 1.15 bits per heavy atom. The maximum Gasteiger partial charge on any atom is 0.336 e. The highest BCUT2D eigenvalue weighted by molar-refractivity contribution is 5.90. The Labute approximate surface area is 117 Å². The van der Waals surface area contributed by atoms with Gasteiger partial charge in [0.05, 0.1) is 12.7 Å². The van der Waals surface area contributed by atoms with Crippen molar-refractivity contribution in [3.05, 3.63) is 59.2 Å². The molecular formula is C16H16O4. The molecular weight excluding hydrogens is 256 g/mol. The fourth-order valence-corrected chi connectivity index (χ4v) is 1.90. The Hall–Kier alpha value is -2.49. The minimum atomic E-state index is -0.977. The van der Waals surface area contributed by atoms with Crippen LogP contribution in [0.1, 0.15) is 21.5 Å². The lowest BCUT2D eigenvalue weighted by Gasteiger charge is -2.13. The molecule has 0 aliphatic heterocycles. The molecule has 0 saturated heterocycles. The van der Waals surface area contributed by atoms with E-state index in [0.717, 1.165) is 5.56 Å². The number of ether oxygens (including phenoxy) is 2. The third-order valence-corrected chi connectivity index (χ3v) is 2.98. The summed E-state index contributed by atoms with van der Waals surface area (Å²) in [4.78, 5) is 11.2. The quantitative estimate of drug-likeness (QED) is 0.907. The second-order valence-electron chi connectivity index (χ2n) is 4.40. The molecule has 0 unspecified atom stereocenters. The lowest BCUT2D eigenvalue weighted by molar-refractivity contribution is 0.0695. The largest absolute Gasteiger partial charge is 0.493 e. The van der Waals surface area contributed by atoms with Crippen LogP contribution in [-0.2, 0) is 6.61 Å². The summed E-state index contributed by atoms with van der Waals surface area (Å²) in [5.41, 5.74) is 1.86. The topological polar surface area (TPSA) is 55.8 Å². The van der Waals surface area contributed by atoms with Crippen molar-refractivity contribution in [3.8, 4) is 11.5 Å². The molecule has 0 amide bonds. The van der Waals surface area contributed by atoms with Crippen molar-refractivity contribution in [1.29, 1.82) is 0 Å². The van der Waals surface area contributed by atoms with E-state index in [-0.39, 0.29) is 5.56 Å². The Bertz CT molecular complexity index is 605. The Balaban J connectivity index is 2.25. The minimum absolute atomic E-state index is 0.217. The van der Waals surface area contributed by atoms with Gasteiger partial charge in [-0.05, 0) is 30.2 Å². The van der Waals surface area contributed by atoms with E-state index < -0.39 is 5.97 Å². The van der Waals surface area contributed by atoms with Crippen LogP contribution in [0.2, 0.25) is 0 Å². The van der Waals surface area contributed by atoms with Crippen molar-refractivity contribution in [2.24, 2.45) is 0 Å². The van der Waals surface area contributed by atoms with Crippen LogP contribution in [0, 0.1) is 6.92 Å². The molecule has 0 saturated carbocycles. The third kappa shape index (κ3) is 3.09. The van der Waals surface area contributed by atoms with Crippen LogP contribution in [0.5, 0.6) is 11.5 Å². The van der Waals surface area contributed by atoms with Crippen molar-refractivity contribution >= 4 is 5.97 Å². The Kier molecular flexibility index (Phi) is 4.25. The monoisotopic (exact) mass is 272 g/mol. The van der Waals surface area contributed by atoms with Crippen molar-refractivity contribution in [2.75, 3.05) is 7.11 Å². The molecule has 0 atom stereocenters. The first kappa shape index (κ1) is 13.9. The molecule has 2 aromatic carbocycles. The Morgan fingerprint density at radius 2 is 1.85 bits per heavy atom. The van der Waals surface area contributed by atoms with Crippen LogP contribution >= 0.6 is 0 Å². The minimum Gasteiger partial charge on any atom is -0.493 e. The third-order valence-electron chi connectivity index (χ3n) is 2.98. The normalized spacial score (nSPS) is 10.1. The molecule has 0 heterocycles. The molecule has 0 aliphatic carbocycles. The molecule has 0 radical (unpaired) electrons. The average Bonchev–Trinajstić information content (AvgIpc) is 2.46. The number of hydrogen-bond acceptors (Lipinski definition) is 3. The van der Waals surface area contributed by atoms with Gasteiger partial charge in [-0.2, -0.15) is 0 Å². The SMILES string of the molecule is COc1cc(C)c(C(=O)O)cc1OCc1ccccc1. The van der Waals surface area contributed by atoms with Gasteiger partial charge in [0.15, 0.2) is 11.5 Å². The van der Waals surface area contributed by atoms with Crippen molar-refractivity contribution in [3.63, 3.8) is 0 Å². The zero-order valence-corrected chi connectivity index (χ0v) is 11.4. The highest BCUT2D eigenvalue weighted by Gasteiger charge is 2.14. The van der Waals surface area contributed by atoms with Gasteiger partial charge in [-0.3, -0.25) is 0 Å². The van der Waals surface area contributed by atoms with Crippen LogP contribution in [0.25, 0.3) is 0 Å². The lowest BCUT2D eigenvalue weighted by Crippen LogP contribution is -2.03. The van der Waals surface area contributed by atoms with Gasteiger partial charge >= 0.3 is 5.97 Å². The van der Waals surface area contributed by atoms with Crippen LogP contribution in [0.15, 0.2) is 42.5 Å². The number of hydrogen-bond donors (Lipinski definition) is 1. The van der Waals surface area contributed by atoms with Crippen molar-refractivity contribution in [2.45, 2.75) is 13.5 Å². The fourth-order valence-electron chi connectivity index (χ4n) is 1.90. The molecule has 0 bridgehead atoms. The van der Waals surface area contributed by atoms with Gasteiger partial charge in [-0.15, -0.1) is 0 Å². The average molecular weight is 272 g/mol. The van der Waals surface area contributed by atoms with E-state index in [4.69, 9.17) is 14.6 Å². The van der Waals surface area contributed by atoms with Gasteiger partial charge in [-0.1, -0.05) is 30.3 Å². The predicted octanol–water partition coefficient (Wildman–Crippen LogP) is 3.28. The zero-order chi connectivity index (χ0) is 14.5. The molecule has 20 heavy (non-hydrogen) atoms. The maximum absolute atomic E-state index is 11.2. The van der Waals surface area contributed by atoms with Crippen LogP contribution in [0.4, 0.5) is 0 Å². The number of carboxylic acids is 1. The summed E-state index contributed by atoms with van der Waals surface area (Å²) in [6.45, 7) is 2.09. The van der Waals surface area contributed by atoms with E-state index in [2.05, 4.69) is 0 Å². The first-order valence-electron chi connectivity index (χ1n) is 6.20. The summed E-state index contributed by atoms with van der Waals surface area (Å²) < 4.78 is 10.9. The summed E-state index contributed by atoms with van der Waals surface area (Å²) in [5.74, 6) is -0.0162. The molecule has 0 aromatic heterocycles. The van der Waals surface area contributed by atoms with Gasteiger partial charge in [0, 0.05) is 0 Å². The number of benzene rings is 2. The van der Waals surface area contributed by atoms with Crippen molar-refractivity contribution < 1.29 is 19.4 Å². The van der Waals surface area contributed by atoms with E-state index in [9.17, 15) is 4.79 Å². The number of carbonyl (C=O) groups is 1. The molecule has 104 valence electrons. The zero-order valence-electron chi connectivity index (χ0n) is 11.4. The fraction of sp³-hybridized carbons (Fsp3) is 0.188. The summed E-state index contributed by atoms with van der Waals surface area (Å²) >= 11 is 0. The molecule has 4 nitrogen and oxygen atoms in total. The number of aromatic carboxylic acids is 1. The smallest absolute Gasteiger partial charge is 0.336 e. The van der Waals surface area contributed by atoms with E-state index in [0.29, 0.717) is 23.7 Å². The molecule has 2 rings (SSSR count). The molecule has 2 aromatic rings. The standard InChI is InChI=1S/C16H16O4/c1-11-8-14(19-2)15(9-13(11)16(17)18)20-10-12-6-4-3-5-7-12/h3-9H,10H2,1-2H3,(H,17,18). The van der Waals surface area contributed by atoms with E-state index >= 15 is 0 Å². The Morgan fingerprint density at radius 3 is 2.45 bits per heavy atom. The predicted molar refractivity (Wildman–Crippen MR) is 75.5 cm³/mol. The highest BCUT2D eigenvalue weighted by atomic mass is 16.5.